The van der Waals surface area contributed by atoms with Gasteiger partial charge in [0.25, 0.3) is 0 Å². The van der Waals surface area contributed by atoms with Crippen molar-refractivity contribution in [2.75, 3.05) is 0 Å². The summed E-state index contributed by atoms with van der Waals surface area (Å²) in [6.07, 6.45) is 18.9. The molecule has 4 rings (SSSR count). The third-order valence-electron chi connectivity index (χ3n) is 3.67. The number of rotatable bonds is 1. The van der Waals surface area contributed by atoms with Gasteiger partial charge in [0.2, 0.25) is 0 Å². The van der Waals surface area contributed by atoms with Crippen molar-refractivity contribution < 1.29 is 21.9 Å². The molecule has 10 radical (unpaired) electrons. The van der Waals surface area contributed by atoms with E-state index in [1.807, 2.05) is 63.1 Å². The monoisotopic (exact) mass is 316 g/mol. The third-order valence-corrected chi connectivity index (χ3v) is 3.67. The molecule has 0 aliphatic heterocycles. The molecule has 0 unspecified atom stereocenters. The van der Waals surface area contributed by atoms with Gasteiger partial charge in [-0.25, -0.2) is 0 Å². The van der Waals surface area contributed by atoms with Crippen molar-refractivity contribution in [1.29, 1.82) is 0 Å². The SMILES string of the molecule is O=C1C[C@@H]([C]2[CH][CH][CH][CH]2)c2ccccc21.[CH]1[CH][CH][CH][CH]1.[Fe+2]. The fourth-order valence-corrected chi connectivity index (χ4v) is 2.70. The van der Waals surface area contributed by atoms with Crippen LogP contribution in [0.25, 0.3) is 0 Å². The first kappa shape index (κ1) is 16.8. The first-order chi connectivity index (χ1) is 9.86. The van der Waals surface area contributed by atoms with E-state index in [0.29, 0.717) is 6.42 Å². The molecule has 2 fully saturated rings. The molecule has 0 amide bonds. The Morgan fingerprint density at radius 2 is 1.38 bits per heavy atom. The zero-order valence-corrected chi connectivity index (χ0v) is 12.7. The van der Waals surface area contributed by atoms with Gasteiger partial charge in [-0.2, -0.15) is 0 Å². The molecule has 1 nitrogen and oxygen atoms in total. The van der Waals surface area contributed by atoms with Gasteiger partial charge in [0.05, 0.1) is 0 Å². The van der Waals surface area contributed by atoms with E-state index < -0.39 is 0 Å². The third kappa shape index (κ3) is 3.99. The largest absolute Gasteiger partial charge is 2.00 e. The van der Waals surface area contributed by atoms with E-state index in [4.69, 9.17) is 0 Å². The number of benzene rings is 1. The van der Waals surface area contributed by atoms with Crippen molar-refractivity contribution in [3.63, 3.8) is 0 Å². The van der Waals surface area contributed by atoms with Crippen molar-refractivity contribution in [1.82, 2.24) is 0 Å². The molecule has 2 saturated carbocycles. The second-order valence-corrected chi connectivity index (χ2v) is 4.95. The smallest absolute Gasteiger partial charge is 0.294 e. The van der Waals surface area contributed by atoms with Gasteiger partial charge in [-0.05, 0) is 75.2 Å². The average Bonchev–Trinajstić information content (AvgIpc) is 3.23. The Labute approximate surface area is 139 Å². The number of carbonyl (C=O) groups excluding carboxylic acids is 1. The predicted octanol–water partition coefficient (Wildman–Crippen LogP) is 3.78. The maximum Gasteiger partial charge on any atom is 2.00 e. The minimum atomic E-state index is 0. The number of Topliss-reactive ketones (excluding diaryl/α,β-unsaturated/α-hetero) is 1. The molecule has 104 valence electrons. The van der Waals surface area contributed by atoms with Gasteiger partial charge < -0.3 is 0 Å². The molecule has 1 aromatic rings. The van der Waals surface area contributed by atoms with E-state index in [2.05, 4.69) is 18.9 Å². The van der Waals surface area contributed by atoms with Crippen LogP contribution >= 0.6 is 0 Å². The molecule has 3 aliphatic carbocycles. The van der Waals surface area contributed by atoms with Crippen molar-refractivity contribution in [3.05, 3.63) is 99.1 Å². The predicted molar refractivity (Wildman–Crippen MR) is 80.1 cm³/mol. The molecule has 0 bridgehead atoms. The molecule has 1 atom stereocenters. The van der Waals surface area contributed by atoms with Crippen LogP contribution in [0.3, 0.4) is 0 Å². The summed E-state index contributed by atoms with van der Waals surface area (Å²) in [5.74, 6) is 1.81. The fourth-order valence-electron chi connectivity index (χ4n) is 2.70. The summed E-state index contributed by atoms with van der Waals surface area (Å²) < 4.78 is 0. The molecule has 21 heavy (non-hydrogen) atoms. The average molecular weight is 316 g/mol. The number of hydrogen-bond donors (Lipinski definition) is 0. The summed E-state index contributed by atoms with van der Waals surface area (Å²) in [7, 11) is 0. The number of hydrogen-bond acceptors (Lipinski definition) is 1. The van der Waals surface area contributed by atoms with Crippen LogP contribution in [0.2, 0.25) is 0 Å². The van der Waals surface area contributed by atoms with Gasteiger partial charge in [-0.3, -0.25) is 4.79 Å². The molecule has 0 heterocycles. The maximum atomic E-state index is 11.8. The topological polar surface area (TPSA) is 17.1 Å². The minimum Gasteiger partial charge on any atom is -0.294 e. The van der Waals surface area contributed by atoms with Crippen LogP contribution in [0.5, 0.6) is 0 Å². The van der Waals surface area contributed by atoms with Crippen molar-refractivity contribution in [2.45, 2.75) is 12.3 Å². The minimum absolute atomic E-state index is 0. The van der Waals surface area contributed by atoms with Crippen molar-refractivity contribution >= 4 is 5.78 Å². The van der Waals surface area contributed by atoms with Gasteiger partial charge in [0.1, 0.15) is 0 Å². The van der Waals surface area contributed by atoms with Gasteiger partial charge in [-0.15, -0.1) is 0 Å². The molecule has 2 heteroatoms. The second kappa shape index (κ2) is 8.15. The number of ketones is 1. The Morgan fingerprint density at radius 1 is 0.810 bits per heavy atom. The zero-order chi connectivity index (χ0) is 13.8. The summed E-state index contributed by atoms with van der Waals surface area (Å²) in [5, 5.41) is 0. The summed E-state index contributed by atoms with van der Waals surface area (Å²) in [6.45, 7) is 0. The maximum absolute atomic E-state index is 11.8. The van der Waals surface area contributed by atoms with Crippen LogP contribution in [-0.2, 0) is 17.1 Å². The molecule has 0 saturated heterocycles. The van der Waals surface area contributed by atoms with Crippen LogP contribution in [0.4, 0.5) is 0 Å². The molecule has 3 aliphatic rings. The Kier molecular flexibility index (Phi) is 6.51. The normalized spacial score (nSPS) is 24.2. The van der Waals surface area contributed by atoms with Crippen LogP contribution < -0.4 is 0 Å². The summed E-state index contributed by atoms with van der Waals surface area (Å²) in [6, 6.07) is 7.94. The van der Waals surface area contributed by atoms with Gasteiger partial charge in [-0.1, -0.05) is 24.3 Å². The molecular formula is C19H16FeO+2. The van der Waals surface area contributed by atoms with E-state index in [1.54, 1.807) is 0 Å². The van der Waals surface area contributed by atoms with E-state index in [-0.39, 0.29) is 28.8 Å². The van der Waals surface area contributed by atoms with Crippen LogP contribution in [0.15, 0.2) is 24.3 Å². The first-order valence-corrected chi connectivity index (χ1v) is 6.86. The fraction of sp³-hybridized carbons (Fsp3) is 0.105. The van der Waals surface area contributed by atoms with E-state index in [1.165, 1.54) is 11.5 Å². The number of fused-ring (bicyclic) bond motifs is 1. The molecule has 0 aromatic heterocycles. The molecular weight excluding hydrogens is 300 g/mol. The van der Waals surface area contributed by atoms with Crippen molar-refractivity contribution in [3.8, 4) is 0 Å². The summed E-state index contributed by atoms with van der Waals surface area (Å²) in [4.78, 5) is 11.8. The van der Waals surface area contributed by atoms with Crippen molar-refractivity contribution in [2.24, 2.45) is 0 Å². The van der Waals surface area contributed by atoms with Crippen LogP contribution in [-0.4, -0.2) is 5.78 Å². The standard InChI is InChI=1S/C14H11O.C5H5.Fe/c15-14-9-13(10-5-1-2-6-10)11-7-3-4-8-12(11)14;1-2-4-5-3-1;/h1-8,13H,9H2;1-5H;/q;;+2/t13-;;/m0../s1. The Morgan fingerprint density at radius 3 is 2.00 bits per heavy atom. The quantitative estimate of drug-likeness (QED) is 0.721. The van der Waals surface area contributed by atoms with Gasteiger partial charge in [0, 0.05) is 12.0 Å². The second-order valence-electron chi connectivity index (χ2n) is 4.95. The molecule has 1 aromatic carbocycles. The Balaban J connectivity index is 0.000000231. The van der Waals surface area contributed by atoms with Crippen LogP contribution in [0, 0.1) is 63.7 Å². The number of carbonyl (C=O) groups is 1. The van der Waals surface area contributed by atoms with Crippen LogP contribution in [0.1, 0.15) is 28.3 Å². The molecule has 0 spiro atoms. The molecule has 0 N–H and O–H groups in total. The summed E-state index contributed by atoms with van der Waals surface area (Å²) >= 11 is 0. The zero-order valence-electron chi connectivity index (χ0n) is 11.6. The first-order valence-electron chi connectivity index (χ1n) is 6.86. The van der Waals surface area contributed by atoms with E-state index in [9.17, 15) is 4.79 Å². The van der Waals surface area contributed by atoms with Gasteiger partial charge >= 0.3 is 17.1 Å². The van der Waals surface area contributed by atoms with Gasteiger partial charge in [0.15, 0.2) is 5.78 Å². The van der Waals surface area contributed by atoms with E-state index in [0.717, 1.165) is 5.56 Å². The van der Waals surface area contributed by atoms with E-state index >= 15 is 0 Å². The Bertz CT molecular complexity index is 451. The summed E-state index contributed by atoms with van der Waals surface area (Å²) in [5.41, 5.74) is 2.09. The Hall–Kier alpha value is -0.591.